The second-order valence-electron chi connectivity index (χ2n) is 6.72. The first-order valence-electron chi connectivity index (χ1n) is 8.80. The number of para-hydroxylation sites is 1. The third kappa shape index (κ3) is 4.37. The van der Waals surface area contributed by atoms with Crippen LogP contribution in [0.5, 0.6) is 0 Å². The van der Waals surface area contributed by atoms with Crippen molar-refractivity contribution in [2.45, 2.75) is 20.8 Å². The van der Waals surface area contributed by atoms with Gasteiger partial charge in [-0.15, -0.1) is 0 Å². The largest absolute Gasteiger partial charge is 0.354 e. The smallest absolute Gasteiger partial charge is 0.238 e. The van der Waals surface area contributed by atoms with Crippen LogP contribution in [0.15, 0.2) is 36.4 Å². The van der Waals surface area contributed by atoms with Crippen LogP contribution < -0.4 is 10.2 Å². The Balaban J connectivity index is 1.53. The minimum atomic E-state index is 0.0551. The predicted octanol–water partition coefficient (Wildman–Crippen LogP) is 2.77. The van der Waals surface area contributed by atoms with Gasteiger partial charge in [-0.1, -0.05) is 24.3 Å². The van der Waals surface area contributed by atoms with Crippen molar-refractivity contribution in [1.29, 1.82) is 0 Å². The van der Waals surface area contributed by atoms with Gasteiger partial charge in [0.05, 0.1) is 6.54 Å². The summed E-state index contributed by atoms with van der Waals surface area (Å²) < 4.78 is 0. The van der Waals surface area contributed by atoms with Gasteiger partial charge >= 0.3 is 0 Å². The van der Waals surface area contributed by atoms with Crippen molar-refractivity contribution in [3.05, 3.63) is 53.2 Å². The van der Waals surface area contributed by atoms with Gasteiger partial charge in [-0.05, 0) is 44.0 Å². The highest BCUT2D eigenvalue weighted by Gasteiger charge is 2.20. The average molecular weight is 338 g/mol. The van der Waals surface area contributed by atoms with Crippen molar-refractivity contribution >= 4 is 17.4 Å². The molecule has 3 rings (SSSR count). The van der Waals surface area contributed by atoms with E-state index in [1.165, 1.54) is 0 Å². The number of carbonyl (C=O) groups excluding carboxylic acids is 1. The van der Waals surface area contributed by atoms with Gasteiger partial charge in [-0.2, -0.15) is 0 Å². The normalized spacial score (nSPS) is 15.2. The number of aromatic nitrogens is 1. The monoisotopic (exact) mass is 338 g/mol. The highest BCUT2D eigenvalue weighted by Crippen LogP contribution is 2.19. The Hall–Kier alpha value is -2.40. The van der Waals surface area contributed by atoms with Crippen LogP contribution in [-0.4, -0.2) is 48.5 Å². The van der Waals surface area contributed by atoms with E-state index in [2.05, 4.69) is 26.2 Å². The summed E-state index contributed by atoms with van der Waals surface area (Å²) in [6, 6.07) is 12.2. The molecule has 1 aliphatic heterocycles. The van der Waals surface area contributed by atoms with E-state index in [1.807, 2.05) is 51.1 Å². The van der Waals surface area contributed by atoms with Crippen LogP contribution in [0.1, 0.15) is 16.8 Å². The van der Waals surface area contributed by atoms with Crippen LogP contribution in [0.25, 0.3) is 0 Å². The molecule has 2 heterocycles. The molecule has 2 aromatic rings. The molecule has 0 atom stereocenters. The van der Waals surface area contributed by atoms with Crippen LogP contribution in [0.3, 0.4) is 0 Å². The van der Waals surface area contributed by atoms with Crippen LogP contribution in [0.4, 0.5) is 11.5 Å². The number of anilines is 2. The third-order valence-corrected chi connectivity index (χ3v) is 4.68. The zero-order chi connectivity index (χ0) is 17.8. The van der Waals surface area contributed by atoms with Gasteiger partial charge in [0.2, 0.25) is 5.91 Å². The zero-order valence-electron chi connectivity index (χ0n) is 15.2. The molecule has 1 aliphatic rings. The molecule has 1 aromatic heterocycles. The third-order valence-electron chi connectivity index (χ3n) is 4.68. The summed E-state index contributed by atoms with van der Waals surface area (Å²) in [7, 11) is 0. The number of hydrogen-bond donors (Lipinski definition) is 1. The minimum Gasteiger partial charge on any atom is -0.354 e. The fraction of sp³-hybridized carbons (Fsp3) is 0.400. The van der Waals surface area contributed by atoms with Crippen molar-refractivity contribution in [1.82, 2.24) is 9.88 Å². The van der Waals surface area contributed by atoms with Gasteiger partial charge in [0.15, 0.2) is 0 Å². The lowest BCUT2D eigenvalue weighted by molar-refractivity contribution is -0.117. The maximum absolute atomic E-state index is 12.4. The van der Waals surface area contributed by atoms with E-state index < -0.39 is 0 Å². The number of nitrogens with one attached hydrogen (secondary N) is 1. The maximum Gasteiger partial charge on any atom is 0.238 e. The van der Waals surface area contributed by atoms with E-state index in [4.69, 9.17) is 0 Å². The fourth-order valence-corrected chi connectivity index (χ4v) is 3.23. The van der Waals surface area contributed by atoms with Crippen LogP contribution in [0, 0.1) is 20.8 Å². The molecule has 132 valence electrons. The summed E-state index contributed by atoms with van der Waals surface area (Å²) in [6.07, 6.45) is 0. The molecule has 0 bridgehead atoms. The number of aryl methyl sites for hydroxylation is 3. The molecule has 0 saturated carbocycles. The summed E-state index contributed by atoms with van der Waals surface area (Å²) in [4.78, 5) is 21.5. The fourth-order valence-electron chi connectivity index (χ4n) is 3.23. The Morgan fingerprint density at radius 2 is 1.64 bits per heavy atom. The molecule has 1 N–H and O–H groups in total. The second kappa shape index (κ2) is 7.66. The Labute approximate surface area is 149 Å². The number of benzene rings is 1. The van der Waals surface area contributed by atoms with Crippen LogP contribution >= 0.6 is 0 Å². The lowest BCUT2D eigenvalue weighted by Gasteiger charge is -2.35. The van der Waals surface area contributed by atoms with E-state index in [0.717, 1.165) is 54.5 Å². The first kappa shape index (κ1) is 17.4. The number of carbonyl (C=O) groups is 1. The molecule has 25 heavy (non-hydrogen) atoms. The van der Waals surface area contributed by atoms with Gasteiger partial charge < -0.3 is 10.2 Å². The lowest BCUT2D eigenvalue weighted by Crippen LogP contribution is -2.49. The Bertz CT molecular complexity index is 731. The molecule has 1 aromatic carbocycles. The highest BCUT2D eigenvalue weighted by atomic mass is 16.2. The van der Waals surface area contributed by atoms with E-state index >= 15 is 0 Å². The standard InChI is InChI=1S/C20H26N4O/c1-15-6-4-7-16(2)20(15)22-19(25)14-23-10-12-24(13-11-23)18-9-5-8-17(3)21-18/h4-9H,10-14H2,1-3H3,(H,22,25). The van der Waals surface area contributed by atoms with E-state index in [1.54, 1.807) is 0 Å². The maximum atomic E-state index is 12.4. The summed E-state index contributed by atoms with van der Waals surface area (Å²) >= 11 is 0. The average Bonchev–Trinajstić information content (AvgIpc) is 2.59. The molecule has 1 fully saturated rings. The topological polar surface area (TPSA) is 48.5 Å². The highest BCUT2D eigenvalue weighted by molar-refractivity contribution is 5.93. The number of pyridine rings is 1. The van der Waals surface area contributed by atoms with Gasteiger partial charge in [-0.3, -0.25) is 9.69 Å². The van der Waals surface area contributed by atoms with Crippen molar-refractivity contribution in [2.75, 3.05) is 42.9 Å². The molecule has 0 aliphatic carbocycles. The van der Waals surface area contributed by atoms with Gasteiger partial charge in [0.1, 0.15) is 5.82 Å². The summed E-state index contributed by atoms with van der Waals surface area (Å²) in [5.41, 5.74) is 4.18. The number of nitrogens with zero attached hydrogens (tertiary/aromatic N) is 3. The van der Waals surface area contributed by atoms with E-state index in [9.17, 15) is 4.79 Å². The molecular formula is C20H26N4O. The minimum absolute atomic E-state index is 0.0551. The second-order valence-corrected chi connectivity index (χ2v) is 6.72. The molecule has 5 heteroatoms. The molecule has 1 amide bonds. The Morgan fingerprint density at radius 1 is 1.00 bits per heavy atom. The summed E-state index contributed by atoms with van der Waals surface area (Å²) in [6.45, 7) is 10.0. The SMILES string of the molecule is Cc1cccc(N2CCN(CC(=O)Nc3c(C)cccc3C)CC2)n1. The summed E-state index contributed by atoms with van der Waals surface area (Å²) in [5, 5.41) is 3.07. The predicted molar refractivity (Wildman–Crippen MR) is 102 cm³/mol. The van der Waals surface area contributed by atoms with Crippen molar-refractivity contribution in [3.8, 4) is 0 Å². The Kier molecular flexibility index (Phi) is 5.34. The number of piperazine rings is 1. The molecule has 5 nitrogen and oxygen atoms in total. The number of hydrogen-bond acceptors (Lipinski definition) is 4. The van der Waals surface area contributed by atoms with Crippen LogP contribution in [-0.2, 0) is 4.79 Å². The van der Waals surface area contributed by atoms with Crippen molar-refractivity contribution in [2.24, 2.45) is 0 Å². The lowest BCUT2D eigenvalue weighted by atomic mass is 10.1. The van der Waals surface area contributed by atoms with Gasteiger partial charge in [0.25, 0.3) is 0 Å². The van der Waals surface area contributed by atoms with Crippen molar-refractivity contribution in [3.63, 3.8) is 0 Å². The van der Waals surface area contributed by atoms with Crippen LogP contribution in [0.2, 0.25) is 0 Å². The van der Waals surface area contributed by atoms with Gasteiger partial charge in [0, 0.05) is 37.6 Å². The van der Waals surface area contributed by atoms with E-state index in [-0.39, 0.29) is 5.91 Å². The molecule has 0 unspecified atom stereocenters. The zero-order valence-corrected chi connectivity index (χ0v) is 15.2. The van der Waals surface area contributed by atoms with E-state index in [0.29, 0.717) is 6.54 Å². The molecule has 0 radical (unpaired) electrons. The number of amides is 1. The van der Waals surface area contributed by atoms with Gasteiger partial charge in [-0.25, -0.2) is 4.98 Å². The first-order chi connectivity index (χ1) is 12.0. The van der Waals surface area contributed by atoms with Crippen molar-refractivity contribution < 1.29 is 4.79 Å². The summed E-state index contributed by atoms with van der Waals surface area (Å²) in [5.74, 6) is 1.08. The Morgan fingerprint density at radius 3 is 2.28 bits per heavy atom. The molecule has 0 spiro atoms. The quantitative estimate of drug-likeness (QED) is 0.931. The first-order valence-corrected chi connectivity index (χ1v) is 8.80. The molecular weight excluding hydrogens is 312 g/mol. The number of rotatable bonds is 4. The molecule has 1 saturated heterocycles.